The van der Waals surface area contributed by atoms with Crippen molar-refractivity contribution in [3.63, 3.8) is 0 Å². The first-order valence-corrected chi connectivity index (χ1v) is 12.4. The van der Waals surface area contributed by atoms with E-state index in [-0.39, 0.29) is 24.6 Å². The molecule has 9 nitrogen and oxygen atoms in total. The summed E-state index contributed by atoms with van der Waals surface area (Å²) in [5, 5.41) is 0. The highest BCUT2D eigenvalue weighted by atomic mass is 32.2. The third-order valence-corrected chi connectivity index (χ3v) is 5.73. The summed E-state index contributed by atoms with van der Waals surface area (Å²) in [5.74, 6) is 0.248. The van der Waals surface area contributed by atoms with Gasteiger partial charge < -0.3 is 14.4 Å². The smallest absolute Gasteiger partial charge is 0.414 e. The summed E-state index contributed by atoms with van der Waals surface area (Å²) in [5.41, 5.74) is 2.88. The molecule has 1 aliphatic rings. The molecule has 0 unspecified atom stereocenters. The van der Waals surface area contributed by atoms with Crippen LogP contribution in [-0.4, -0.2) is 52.5 Å². The van der Waals surface area contributed by atoms with Gasteiger partial charge >= 0.3 is 6.09 Å². The molecule has 3 rings (SSSR count). The fraction of sp³-hybridized carbons (Fsp3) is 0.391. The monoisotopic (exact) mass is 475 g/mol. The highest BCUT2D eigenvalue weighted by molar-refractivity contribution is 7.92. The minimum Gasteiger partial charge on any atom is -0.495 e. The number of methoxy groups -OCH3 is 1. The predicted molar refractivity (Wildman–Crippen MR) is 128 cm³/mol. The second-order valence-electron chi connectivity index (χ2n) is 8.27. The van der Waals surface area contributed by atoms with Crippen molar-refractivity contribution >= 4 is 39.1 Å². The molecule has 0 spiro atoms. The molecule has 0 aromatic heterocycles. The minimum atomic E-state index is -3.52. The van der Waals surface area contributed by atoms with E-state index in [1.165, 1.54) is 18.9 Å². The average molecular weight is 476 g/mol. The first-order chi connectivity index (χ1) is 15.4. The Balaban J connectivity index is 2.13. The van der Waals surface area contributed by atoms with E-state index >= 15 is 0 Å². The van der Waals surface area contributed by atoms with E-state index in [9.17, 15) is 18.0 Å². The van der Waals surface area contributed by atoms with E-state index < -0.39 is 16.1 Å². The van der Waals surface area contributed by atoms with Gasteiger partial charge in [-0.25, -0.2) is 13.2 Å². The molecule has 0 saturated carbocycles. The lowest BCUT2D eigenvalue weighted by molar-refractivity contribution is -0.117. The molecule has 0 bridgehead atoms. The Labute approximate surface area is 194 Å². The van der Waals surface area contributed by atoms with E-state index in [1.54, 1.807) is 49.1 Å². The summed E-state index contributed by atoms with van der Waals surface area (Å²) in [6, 6.07) is 10.3. The molecule has 0 aliphatic carbocycles. The first-order valence-electron chi connectivity index (χ1n) is 10.5. The largest absolute Gasteiger partial charge is 0.495 e. The van der Waals surface area contributed by atoms with Gasteiger partial charge in [-0.1, -0.05) is 12.1 Å². The van der Waals surface area contributed by atoms with Gasteiger partial charge in [-0.3, -0.25) is 14.4 Å². The number of nitrogens with zero attached hydrogens (tertiary/aromatic N) is 2. The fourth-order valence-corrected chi connectivity index (χ4v) is 4.45. The number of nitrogens with one attached hydrogen (secondary N) is 1. The molecule has 1 aliphatic heterocycles. The van der Waals surface area contributed by atoms with Gasteiger partial charge in [0, 0.05) is 13.5 Å². The number of hydrogen-bond acceptors (Lipinski definition) is 6. The molecule has 10 heteroatoms. The molecule has 0 fully saturated rings. The normalized spacial score (nSPS) is 15.8. The van der Waals surface area contributed by atoms with Crippen molar-refractivity contribution in [1.29, 1.82) is 0 Å². The van der Waals surface area contributed by atoms with E-state index in [1.807, 2.05) is 13.0 Å². The Morgan fingerprint density at radius 1 is 1.09 bits per heavy atom. The van der Waals surface area contributed by atoms with Gasteiger partial charge in [0.05, 0.1) is 42.6 Å². The van der Waals surface area contributed by atoms with Gasteiger partial charge in [0.15, 0.2) is 0 Å². The van der Waals surface area contributed by atoms with E-state index in [0.717, 1.165) is 11.8 Å². The predicted octanol–water partition coefficient (Wildman–Crippen LogP) is 3.84. The number of carbonyl (C=O) groups excluding carboxylic acids is 2. The summed E-state index contributed by atoms with van der Waals surface area (Å²) < 4.78 is 36.7. The Bertz CT molecular complexity index is 1180. The number of benzene rings is 2. The van der Waals surface area contributed by atoms with Gasteiger partial charge in [-0.05, 0) is 56.2 Å². The van der Waals surface area contributed by atoms with Crippen LogP contribution in [0.15, 0.2) is 36.4 Å². The third kappa shape index (κ3) is 5.39. The van der Waals surface area contributed by atoms with Crippen molar-refractivity contribution in [1.82, 2.24) is 0 Å². The standard InChI is InChI=1S/C23H29N3O6S/c1-14(2)32-23(28)25-13-15(3)26(16(4)27)20-9-7-18(12-21(20)25)17-8-10-22(31-5)19(11-17)24-33(6,29)30/h7-12,14-15,24H,13H2,1-6H3/t15-/m0/s1. The number of sulfonamides is 1. The fourth-order valence-electron chi connectivity index (χ4n) is 3.89. The Hall–Kier alpha value is -3.27. The minimum absolute atomic E-state index is 0.127. The summed E-state index contributed by atoms with van der Waals surface area (Å²) in [6.45, 7) is 7.20. The van der Waals surface area contributed by atoms with Gasteiger partial charge in [0.1, 0.15) is 5.75 Å². The second-order valence-corrected chi connectivity index (χ2v) is 10.0. The van der Waals surface area contributed by atoms with E-state index in [4.69, 9.17) is 9.47 Å². The van der Waals surface area contributed by atoms with Crippen LogP contribution in [0.2, 0.25) is 0 Å². The van der Waals surface area contributed by atoms with Crippen LogP contribution in [0.5, 0.6) is 5.75 Å². The average Bonchev–Trinajstić information content (AvgIpc) is 2.70. The lowest BCUT2D eigenvalue weighted by atomic mass is 10.00. The maximum absolute atomic E-state index is 12.8. The van der Waals surface area contributed by atoms with Crippen LogP contribution in [0.25, 0.3) is 11.1 Å². The summed E-state index contributed by atoms with van der Waals surface area (Å²) in [6.07, 6.45) is 0.275. The van der Waals surface area contributed by atoms with Crippen LogP contribution in [0.1, 0.15) is 27.7 Å². The molecule has 178 valence electrons. The number of anilines is 3. The van der Waals surface area contributed by atoms with Crippen LogP contribution in [-0.2, 0) is 19.6 Å². The molecule has 33 heavy (non-hydrogen) atoms. The highest BCUT2D eigenvalue weighted by Gasteiger charge is 2.34. The molecule has 2 aromatic carbocycles. The summed E-state index contributed by atoms with van der Waals surface area (Å²) in [4.78, 5) is 28.4. The SMILES string of the molecule is COc1ccc(-c2ccc3c(c2)N(C(=O)OC(C)C)C[C@H](C)N3C(C)=O)cc1NS(C)(=O)=O. The second kappa shape index (κ2) is 9.30. The zero-order chi connectivity index (χ0) is 24.5. The number of ether oxygens (including phenoxy) is 2. The number of rotatable bonds is 5. The molecule has 1 heterocycles. The molecule has 2 amide bonds. The van der Waals surface area contributed by atoms with Crippen molar-refractivity contribution in [3.8, 4) is 16.9 Å². The molecular weight excluding hydrogens is 446 g/mol. The van der Waals surface area contributed by atoms with Crippen molar-refractivity contribution < 1.29 is 27.5 Å². The highest BCUT2D eigenvalue weighted by Crippen LogP contribution is 2.40. The third-order valence-electron chi connectivity index (χ3n) is 5.14. The van der Waals surface area contributed by atoms with Crippen molar-refractivity contribution in [2.75, 3.05) is 34.4 Å². The molecule has 1 N–H and O–H groups in total. The lowest BCUT2D eigenvalue weighted by Crippen LogP contribution is -2.51. The lowest BCUT2D eigenvalue weighted by Gasteiger charge is -2.40. The van der Waals surface area contributed by atoms with Crippen molar-refractivity contribution in [3.05, 3.63) is 36.4 Å². The van der Waals surface area contributed by atoms with Gasteiger partial charge in [0.25, 0.3) is 0 Å². The Kier molecular flexibility index (Phi) is 6.87. The van der Waals surface area contributed by atoms with E-state index in [0.29, 0.717) is 28.4 Å². The Morgan fingerprint density at radius 3 is 2.30 bits per heavy atom. The molecule has 2 aromatic rings. The van der Waals surface area contributed by atoms with Gasteiger partial charge in [0.2, 0.25) is 15.9 Å². The van der Waals surface area contributed by atoms with Crippen LogP contribution in [0.4, 0.5) is 21.9 Å². The maximum atomic E-state index is 12.8. The first kappa shape index (κ1) is 24.4. The summed E-state index contributed by atoms with van der Waals surface area (Å²) in [7, 11) is -2.07. The summed E-state index contributed by atoms with van der Waals surface area (Å²) >= 11 is 0. The molecular formula is C23H29N3O6S. The van der Waals surface area contributed by atoms with Crippen LogP contribution < -0.4 is 19.3 Å². The maximum Gasteiger partial charge on any atom is 0.414 e. The molecule has 0 saturated heterocycles. The van der Waals surface area contributed by atoms with Crippen LogP contribution >= 0.6 is 0 Å². The number of fused-ring (bicyclic) bond motifs is 1. The number of carbonyl (C=O) groups is 2. The van der Waals surface area contributed by atoms with E-state index in [2.05, 4.69) is 4.72 Å². The van der Waals surface area contributed by atoms with Crippen molar-refractivity contribution in [2.45, 2.75) is 39.8 Å². The zero-order valence-corrected chi connectivity index (χ0v) is 20.4. The Morgan fingerprint density at radius 2 is 1.73 bits per heavy atom. The number of hydrogen-bond donors (Lipinski definition) is 1. The van der Waals surface area contributed by atoms with Crippen LogP contribution in [0.3, 0.4) is 0 Å². The zero-order valence-electron chi connectivity index (χ0n) is 19.6. The molecule has 1 atom stereocenters. The quantitative estimate of drug-likeness (QED) is 0.704. The van der Waals surface area contributed by atoms with Gasteiger partial charge in [-0.15, -0.1) is 0 Å². The van der Waals surface area contributed by atoms with Gasteiger partial charge in [-0.2, -0.15) is 0 Å². The van der Waals surface area contributed by atoms with Crippen molar-refractivity contribution in [2.24, 2.45) is 0 Å². The van der Waals surface area contributed by atoms with Crippen LogP contribution in [0, 0.1) is 0 Å². The topological polar surface area (TPSA) is 105 Å². The molecule has 0 radical (unpaired) electrons. The number of amides is 2.